The normalized spacial score (nSPS) is 46.2. The Morgan fingerprint density at radius 2 is 2.24 bits per heavy atom. The molecule has 6 aliphatic rings. The Balaban J connectivity index is 1.62. The van der Waals surface area contributed by atoms with E-state index in [4.69, 9.17) is 9.73 Å². The van der Waals surface area contributed by atoms with E-state index in [1.54, 1.807) is 6.92 Å². The lowest BCUT2D eigenvalue weighted by atomic mass is 9.66. The summed E-state index contributed by atoms with van der Waals surface area (Å²) in [6.45, 7) is 4.77. The second kappa shape index (κ2) is 4.42. The number of allylic oxidation sites excluding steroid dienone is 1. The highest BCUT2D eigenvalue weighted by molar-refractivity contribution is 6.08. The molecule has 5 aliphatic heterocycles. The number of aliphatic imine (C=N–C) groups is 1. The number of rotatable bonds is 1. The molecule has 1 aromatic rings. The topological polar surface area (TPSA) is 41.9 Å². The molecule has 0 radical (unpaired) electrons. The van der Waals surface area contributed by atoms with Crippen LogP contribution in [0, 0.1) is 11.8 Å². The fourth-order valence-corrected chi connectivity index (χ4v) is 6.78. The van der Waals surface area contributed by atoms with E-state index in [1.165, 1.54) is 16.8 Å². The summed E-state index contributed by atoms with van der Waals surface area (Å²) in [5, 5.41) is 0. The zero-order chi connectivity index (χ0) is 16.9. The number of nitrogens with zero attached hydrogens (tertiary/aromatic N) is 2. The Kier molecular flexibility index (Phi) is 2.52. The Hall–Kier alpha value is -1.94. The van der Waals surface area contributed by atoms with Gasteiger partial charge in [-0.1, -0.05) is 29.8 Å². The Labute approximate surface area is 147 Å². The predicted octanol–water partition coefficient (Wildman–Crippen LogP) is 2.99. The molecule has 5 bridgehead atoms. The molecule has 1 spiro atoms. The number of piperidine rings is 4. The van der Waals surface area contributed by atoms with Crippen molar-refractivity contribution in [3.8, 4) is 0 Å². The van der Waals surface area contributed by atoms with Crippen LogP contribution in [0.15, 0.2) is 40.9 Å². The van der Waals surface area contributed by atoms with E-state index in [9.17, 15) is 4.79 Å². The smallest absolute Gasteiger partial charge is 0.302 e. The SMILES string of the molecule is CC=C1CN2C3CC1C1C2C[C@@]2(C3=Nc3ccccc32)C1OC(C)=O. The molecule has 25 heavy (non-hydrogen) atoms. The zero-order valence-electron chi connectivity index (χ0n) is 14.6. The van der Waals surface area contributed by atoms with Crippen LogP contribution in [0.4, 0.5) is 5.69 Å². The first-order chi connectivity index (χ1) is 12.1. The monoisotopic (exact) mass is 334 g/mol. The number of carbonyl (C=O) groups excluding carboxylic acids is 1. The molecule has 1 saturated carbocycles. The summed E-state index contributed by atoms with van der Waals surface area (Å²) >= 11 is 0. The maximum Gasteiger partial charge on any atom is 0.302 e. The van der Waals surface area contributed by atoms with Crippen molar-refractivity contribution in [3.05, 3.63) is 41.5 Å². The fraction of sp³-hybridized carbons (Fsp3) is 0.524. The first kappa shape index (κ1) is 14.3. The van der Waals surface area contributed by atoms with Crippen LogP contribution in [0.2, 0.25) is 0 Å². The van der Waals surface area contributed by atoms with E-state index < -0.39 is 0 Å². The summed E-state index contributed by atoms with van der Waals surface area (Å²) in [5.41, 5.74) is 5.00. The second-order valence-corrected chi connectivity index (χ2v) is 8.26. The van der Waals surface area contributed by atoms with E-state index >= 15 is 0 Å². The molecule has 1 aliphatic carbocycles. The number of ether oxygens (including phenoxy) is 1. The zero-order valence-corrected chi connectivity index (χ0v) is 14.6. The van der Waals surface area contributed by atoms with E-state index in [1.807, 2.05) is 0 Å². The lowest BCUT2D eigenvalue weighted by Gasteiger charge is -2.55. The maximum atomic E-state index is 12.0. The Morgan fingerprint density at radius 3 is 3.04 bits per heavy atom. The average Bonchev–Trinajstić information content (AvgIpc) is 3.09. The molecule has 6 unspecified atom stereocenters. The molecule has 5 fully saturated rings. The highest BCUT2D eigenvalue weighted by Gasteiger charge is 2.73. The summed E-state index contributed by atoms with van der Waals surface area (Å²) in [5.74, 6) is 0.778. The lowest BCUT2D eigenvalue weighted by molar-refractivity contribution is -0.152. The van der Waals surface area contributed by atoms with Crippen LogP contribution in [0.5, 0.6) is 0 Å². The minimum absolute atomic E-state index is 0.0763. The van der Waals surface area contributed by atoms with Gasteiger partial charge in [0.25, 0.3) is 0 Å². The van der Waals surface area contributed by atoms with Crippen LogP contribution >= 0.6 is 0 Å². The van der Waals surface area contributed by atoms with Crippen LogP contribution in [0.3, 0.4) is 0 Å². The maximum absolute atomic E-state index is 12.0. The van der Waals surface area contributed by atoms with Gasteiger partial charge in [0.2, 0.25) is 0 Å². The van der Waals surface area contributed by atoms with Gasteiger partial charge in [-0.15, -0.1) is 0 Å². The second-order valence-electron chi connectivity index (χ2n) is 8.26. The molecule has 7 rings (SSSR count). The van der Waals surface area contributed by atoms with Crippen LogP contribution in [0.25, 0.3) is 0 Å². The molecule has 0 N–H and O–H groups in total. The van der Waals surface area contributed by atoms with E-state index in [0.717, 1.165) is 25.1 Å². The highest BCUT2D eigenvalue weighted by atomic mass is 16.5. The van der Waals surface area contributed by atoms with Crippen molar-refractivity contribution in [1.82, 2.24) is 4.90 Å². The van der Waals surface area contributed by atoms with Gasteiger partial charge in [0.15, 0.2) is 0 Å². The van der Waals surface area contributed by atoms with Crippen molar-refractivity contribution < 1.29 is 9.53 Å². The molecule has 4 saturated heterocycles. The van der Waals surface area contributed by atoms with Gasteiger partial charge in [-0.05, 0) is 37.3 Å². The Bertz CT molecular complexity index is 872. The third kappa shape index (κ3) is 1.46. The standard InChI is InChI=1S/C21H22N2O2/c1-3-12-10-23-16-8-13(12)18-17(23)9-21(20(18)25-11(2)24)14-6-4-5-7-15(14)22-19(16)21/h3-7,13,16-18,20H,8-10H2,1-2H3/t13?,16?,17?,18?,20?,21-/m1/s1. The van der Waals surface area contributed by atoms with Crippen LogP contribution in [0.1, 0.15) is 32.3 Å². The Morgan fingerprint density at radius 1 is 1.40 bits per heavy atom. The third-order valence-electron chi connectivity index (χ3n) is 7.48. The molecule has 0 aromatic heterocycles. The number of benzene rings is 1. The molecule has 7 atom stereocenters. The van der Waals surface area contributed by atoms with Gasteiger partial charge < -0.3 is 4.74 Å². The van der Waals surface area contributed by atoms with Gasteiger partial charge in [0.05, 0.1) is 22.9 Å². The summed E-state index contributed by atoms with van der Waals surface area (Å²) < 4.78 is 6.09. The van der Waals surface area contributed by atoms with Crippen molar-refractivity contribution >= 4 is 17.4 Å². The number of fused-ring (bicyclic) bond motifs is 2. The number of esters is 1. The number of hydrogen-bond acceptors (Lipinski definition) is 4. The van der Waals surface area contributed by atoms with Gasteiger partial charge in [-0.3, -0.25) is 14.7 Å². The van der Waals surface area contributed by atoms with E-state index in [2.05, 4.69) is 42.2 Å². The third-order valence-corrected chi connectivity index (χ3v) is 7.48. The quantitative estimate of drug-likeness (QED) is 0.586. The fourth-order valence-electron chi connectivity index (χ4n) is 6.78. The van der Waals surface area contributed by atoms with Crippen LogP contribution < -0.4 is 0 Å². The summed E-state index contributed by atoms with van der Waals surface area (Å²) in [6, 6.07) is 9.42. The van der Waals surface area contributed by atoms with Gasteiger partial charge >= 0.3 is 5.97 Å². The molecular formula is C21H22N2O2. The van der Waals surface area contributed by atoms with E-state index in [0.29, 0.717) is 23.9 Å². The predicted molar refractivity (Wildman–Crippen MR) is 95.0 cm³/mol. The largest absolute Gasteiger partial charge is 0.461 e. The van der Waals surface area contributed by atoms with Crippen molar-refractivity contribution in [2.45, 2.75) is 50.3 Å². The first-order valence-electron chi connectivity index (χ1n) is 9.42. The number of hydrogen-bond donors (Lipinski definition) is 0. The molecule has 4 nitrogen and oxygen atoms in total. The van der Waals surface area contributed by atoms with E-state index in [-0.39, 0.29) is 17.5 Å². The van der Waals surface area contributed by atoms with Crippen molar-refractivity contribution in [2.24, 2.45) is 16.8 Å². The minimum atomic E-state index is -0.184. The molecular weight excluding hydrogens is 312 g/mol. The van der Waals surface area contributed by atoms with Crippen molar-refractivity contribution in [2.75, 3.05) is 6.54 Å². The molecule has 5 heterocycles. The summed E-state index contributed by atoms with van der Waals surface area (Å²) in [7, 11) is 0. The number of para-hydroxylation sites is 1. The minimum Gasteiger partial charge on any atom is -0.461 e. The average molecular weight is 334 g/mol. The van der Waals surface area contributed by atoms with Gasteiger partial charge in [0, 0.05) is 25.4 Å². The van der Waals surface area contributed by atoms with Gasteiger partial charge in [-0.25, -0.2) is 0 Å². The summed E-state index contributed by atoms with van der Waals surface area (Å²) in [6.07, 6.45) is 4.40. The van der Waals surface area contributed by atoms with Gasteiger partial charge in [0.1, 0.15) is 6.10 Å². The highest BCUT2D eigenvalue weighted by Crippen LogP contribution is 2.66. The molecule has 4 heteroatoms. The van der Waals surface area contributed by atoms with Crippen LogP contribution in [-0.2, 0) is 14.9 Å². The number of carbonyl (C=O) groups is 1. The van der Waals surface area contributed by atoms with Crippen molar-refractivity contribution in [1.29, 1.82) is 0 Å². The molecule has 1 aromatic carbocycles. The first-order valence-corrected chi connectivity index (χ1v) is 9.42. The lowest BCUT2D eigenvalue weighted by Crippen LogP contribution is -2.64. The molecule has 0 amide bonds. The van der Waals surface area contributed by atoms with Gasteiger partial charge in [-0.2, -0.15) is 0 Å². The molecule has 128 valence electrons. The van der Waals surface area contributed by atoms with Crippen LogP contribution in [-0.4, -0.2) is 41.3 Å². The van der Waals surface area contributed by atoms with Crippen molar-refractivity contribution in [3.63, 3.8) is 0 Å². The summed E-state index contributed by atoms with van der Waals surface area (Å²) in [4.78, 5) is 19.8.